The Bertz CT molecular complexity index is 1120. The van der Waals surface area contributed by atoms with Crippen molar-refractivity contribution in [3.63, 3.8) is 0 Å². The van der Waals surface area contributed by atoms with Crippen molar-refractivity contribution in [1.29, 1.82) is 0 Å². The molecule has 2 heterocycles. The maximum absolute atomic E-state index is 13.0. The van der Waals surface area contributed by atoms with E-state index in [0.29, 0.717) is 37.7 Å². The highest BCUT2D eigenvalue weighted by molar-refractivity contribution is 5.78. The monoisotopic (exact) mass is 479 g/mol. The van der Waals surface area contributed by atoms with Crippen LogP contribution in [0, 0.1) is 5.82 Å². The van der Waals surface area contributed by atoms with E-state index >= 15 is 0 Å². The van der Waals surface area contributed by atoms with E-state index in [2.05, 4.69) is 20.4 Å². The van der Waals surface area contributed by atoms with Crippen LogP contribution in [-0.4, -0.2) is 67.9 Å². The van der Waals surface area contributed by atoms with Gasteiger partial charge in [-0.05, 0) is 54.4 Å². The van der Waals surface area contributed by atoms with Gasteiger partial charge in [0.05, 0.1) is 26.5 Å². The number of amides is 1. The van der Waals surface area contributed by atoms with E-state index in [1.54, 1.807) is 26.4 Å². The van der Waals surface area contributed by atoms with Crippen LogP contribution in [0.3, 0.4) is 0 Å². The van der Waals surface area contributed by atoms with Gasteiger partial charge in [-0.15, -0.1) is 10.2 Å². The number of nitrogens with one attached hydrogen (secondary N) is 1. The summed E-state index contributed by atoms with van der Waals surface area (Å²) in [4.78, 5) is 16.7. The first-order chi connectivity index (χ1) is 17.1. The van der Waals surface area contributed by atoms with Gasteiger partial charge in [0.2, 0.25) is 5.91 Å². The molecular weight excluding hydrogens is 449 g/mol. The number of methoxy groups -OCH3 is 2. The zero-order chi connectivity index (χ0) is 24.6. The second kappa shape index (κ2) is 11.6. The van der Waals surface area contributed by atoms with Crippen molar-refractivity contribution in [3.05, 3.63) is 66.0 Å². The van der Waals surface area contributed by atoms with Crippen LogP contribution in [0.15, 0.2) is 54.6 Å². The quantitative estimate of drug-likeness (QED) is 0.532. The molecule has 1 aliphatic rings. The van der Waals surface area contributed by atoms with Crippen LogP contribution in [0.5, 0.6) is 11.5 Å². The molecule has 0 spiro atoms. The molecule has 0 bridgehead atoms. The minimum atomic E-state index is -0.265. The van der Waals surface area contributed by atoms with Crippen LogP contribution in [-0.2, 0) is 11.3 Å². The summed E-state index contributed by atoms with van der Waals surface area (Å²) >= 11 is 0. The third-order valence-corrected chi connectivity index (χ3v) is 6.02. The number of nitrogens with zero attached hydrogens (tertiary/aromatic N) is 4. The highest BCUT2D eigenvalue weighted by Crippen LogP contribution is 2.31. The lowest BCUT2D eigenvalue weighted by Crippen LogP contribution is -2.40. The van der Waals surface area contributed by atoms with Gasteiger partial charge in [0.1, 0.15) is 5.82 Å². The molecule has 4 rings (SSSR count). The summed E-state index contributed by atoms with van der Waals surface area (Å²) < 4.78 is 23.7. The van der Waals surface area contributed by atoms with Crippen molar-refractivity contribution < 1.29 is 18.7 Å². The Labute approximate surface area is 204 Å². The van der Waals surface area contributed by atoms with E-state index in [1.807, 2.05) is 35.2 Å². The summed E-state index contributed by atoms with van der Waals surface area (Å²) in [7, 11) is 3.21. The Balaban J connectivity index is 1.31. The minimum Gasteiger partial charge on any atom is -0.493 e. The van der Waals surface area contributed by atoms with Crippen molar-refractivity contribution in [1.82, 2.24) is 20.4 Å². The predicted octanol–water partition coefficient (Wildman–Crippen LogP) is 3.13. The van der Waals surface area contributed by atoms with Crippen molar-refractivity contribution in [2.45, 2.75) is 13.0 Å². The summed E-state index contributed by atoms with van der Waals surface area (Å²) in [5, 5.41) is 12.0. The number of ether oxygens (including phenoxy) is 2. The van der Waals surface area contributed by atoms with E-state index in [1.165, 1.54) is 12.1 Å². The number of benzene rings is 2. The van der Waals surface area contributed by atoms with Crippen molar-refractivity contribution in [2.75, 3.05) is 51.8 Å². The van der Waals surface area contributed by atoms with Gasteiger partial charge in [-0.2, -0.15) is 0 Å². The molecule has 1 aromatic heterocycles. The van der Waals surface area contributed by atoms with Gasteiger partial charge in [-0.3, -0.25) is 4.79 Å². The largest absolute Gasteiger partial charge is 0.493 e. The first-order valence-electron chi connectivity index (χ1n) is 11.6. The minimum absolute atomic E-state index is 0.0591. The van der Waals surface area contributed by atoms with Crippen molar-refractivity contribution in [3.8, 4) is 22.8 Å². The lowest BCUT2D eigenvalue weighted by molar-refractivity contribution is -0.130. The summed E-state index contributed by atoms with van der Waals surface area (Å²) in [6, 6.07) is 15.8. The Morgan fingerprint density at radius 1 is 0.943 bits per heavy atom. The van der Waals surface area contributed by atoms with Crippen LogP contribution in [0.4, 0.5) is 10.2 Å². The maximum atomic E-state index is 13.0. The van der Waals surface area contributed by atoms with Gasteiger partial charge >= 0.3 is 0 Å². The number of hydrogen-bond donors (Lipinski definition) is 1. The van der Waals surface area contributed by atoms with Crippen LogP contribution in [0.1, 0.15) is 12.0 Å². The van der Waals surface area contributed by atoms with E-state index in [9.17, 15) is 9.18 Å². The molecule has 8 nitrogen and oxygen atoms in total. The Morgan fingerprint density at radius 3 is 2.46 bits per heavy atom. The lowest BCUT2D eigenvalue weighted by atomic mass is 10.1. The number of carbonyl (C=O) groups is 1. The molecule has 0 saturated carbocycles. The highest BCUT2D eigenvalue weighted by atomic mass is 19.1. The maximum Gasteiger partial charge on any atom is 0.236 e. The third-order valence-electron chi connectivity index (χ3n) is 6.02. The average Bonchev–Trinajstić information content (AvgIpc) is 3.16. The Morgan fingerprint density at radius 2 is 1.74 bits per heavy atom. The van der Waals surface area contributed by atoms with E-state index in [0.717, 1.165) is 35.6 Å². The van der Waals surface area contributed by atoms with E-state index < -0.39 is 0 Å². The lowest BCUT2D eigenvalue weighted by Gasteiger charge is -2.22. The molecule has 9 heteroatoms. The molecule has 35 heavy (non-hydrogen) atoms. The van der Waals surface area contributed by atoms with Gasteiger partial charge in [0, 0.05) is 38.3 Å². The first-order valence-corrected chi connectivity index (χ1v) is 11.6. The van der Waals surface area contributed by atoms with Gasteiger partial charge in [-0.1, -0.05) is 12.1 Å². The Kier molecular flexibility index (Phi) is 8.10. The van der Waals surface area contributed by atoms with Crippen LogP contribution >= 0.6 is 0 Å². The summed E-state index contributed by atoms with van der Waals surface area (Å²) in [6.45, 7) is 3.58. The van der Waals surface area contributed by atoms with Crippen LogP contribution in [0.25, 0.3) is 11.3 Å². The number of rotatable bonds is 8. The zero-order valence-corrected chi connectivity index (χ0v) is 20.0. The fraction of sp³-hybridized carbons (Fsp3) is 0.346. The standard InChI is InChI=1S/C26H30FN5O3/c1-34-23-10-6-20(16-24(23)35-2)22-9-11-25(30-29-22)31-12-3-13-32(15-14-31)26(33)18-28-17-19-4-7-21(27)8-5-19/h4-11,16,28H,3,12-15,17-18H2,1-2H3. The van der Waals surface area contributed by atoms with Gasteiger partial charge in [0.25, 0.3) is 0 Å². The molecule has 0 atom stereocenters. The predicted molar refractivity (Wildman–Crippen MR) is 132 cm³/mol. The molecule has 2 aromatic carbocycles. The molecule has 0 aliphatic carbocycles. The molecule has 1 amide bonds. The number of anilines is 1. The van der Waals surface area contributed by atoms with Crippen molar-refractivity contribution >= 4 is 11.7 Å². The number of aromatic nitrogens is 2. The van der Waals surface area contributed by atoms with Gasteiger partial charge < -0.3 is 24.6 Å². The normalized spacial score (nSPS) is 13.9. The summed E-state index contributed by atoms with van der Waals surface area (Å²) in [5.74, 6) is 1.89. The molecule has 1 aliphatic heterocycles. The second-order valence-electron chi connectivity index (χ2n) is 8.30. The van der Waals surface area contributed by atoms with Crippen molar-refractivity contribution in [2.24, 2.45) is 0 Å². The number of halogens is 1. The first kappa shape index (κ1) is 24.4. The molecule has 0 radical (unpaired) electrons. The number of hydrogen-bond acceptors (Lipinski definition) is 7. The fourth-order valence-corrected chi connectivity index (χ4v) is 4.07. The molecule has 1 fully saturated rings. The third kappa shape index (κ3) is 6.24. The second-order valence-corrected chi connectivity index (χ2v) is 8.30. The molecular formula is C26H30FN5O3. The zero-order valence-electron chi connectivity index (χ0n) is 20.0. The van der Waals surface area contributed by atoms with Crippen LogP contribution in [0.2, 0.25) is 0 Å². The number of carbonyl (C=O) groups excluding carboxylic acids is 1. The fourth-order valence-electron chi connectivity index (χ4n) is 4.07. The molecule has 3 aromatic rings. The SMILES string of the molecule is COc1ccc(-c2ccc(N3CCCN(C(=O)CNCc4ccc(F)cc4)CC3)nn2)cc1OC. The van der Waals surface area contributed by atoms with E-state index in [4.69, 9.17) is 9.47 Å². The molecule has 1 N–H and O–H groups in total. The van der Waals surface area contributed by atoms with E-state index in [-0.39, 0.29) is 18.3 Å². The summed E-state index contributed by atoms with van der Waals surface area (Å²) in [5.41, 5.74) is 2.58. The van der Waals surface area contributed by atoms with Gasteiger partial charge in [0.15, 0.2) is 17.3 Å². The highest BCUT2D eigenvalue weighted by Gasteiger charge is 2.20. The molecule has 0 unspecified atom stereocenters. The molecule has 1 saturated heterocycles. The Hall–Kier alpha value is -3.72. The van der Waals surface area contributed by atoms with Crippen LogP contribution < -0.4 is 19.7 Å². The summed E-state index contributed by atoms with van der Waals surface area (Å²) in [6.07, 6.45) is 0.850. The topological polar surface area (TPSA) is 79.8 Å². The van der Waals surface area contributed by atoms with Gasteiger partial charge in [-0.25, -0.2) is 4.39 Å². The smallest absolute Gasteiger partial charge is 0.236 e. The molecule has 184 valence electrons. The average molecular weight is 480 g/mol.